The first kappa shape index (κ1) is 25.3. The van der Waals surface area contributed by atoms with Gasteiger partial charge in [-0.05, 0) is 79.1 Å². The average Bonchev–Trinajstić information content (AvgIpc) is 3.27. The molecule has 32 heavy (non-hydrogen) atoms. The quantitative estimate of drug-likeness (QED) is 0.179. The SMILES string of the molecule is O=[P+](O)OCCCNCc1ccc(SCCCCC2(c3ccccc3F)CCCC2)cc1. The van der Waals surface area contributed by atoms with Gasteiger partial charge in [-0.25, -0.2) is 4.39 Å². The third-order valence-electron chi connectivity index (χ3n) is 6.28. The van der Waals surface area contributed by atoms with E-state index in [-0.39, 0.29) is 17.8 Å². The molecule has 0 spiro atoms. The van der Waals surface area contributed by atoms with Crippen molar-refractivity contribution in [3.63, 3.8) is 0 Å². The van der Waals surface area contributed by atoms with Crippen LogP contribution in [0.2, 0.25) is 0 Å². The van der Waals surface area contributed by atoms with Crippen molar-refractivity contribution in [3.8, 4) is 0 Å². The van der Waals surface area contributed by atoms with Crippen molar-refractivity contribution in [2.45, 2.75) is 68.2 Å². The van der Waals surface area contributed by atoms with E-state index < -0.39 is 8.25 Å². The van der Waals surface area contributed by atoms with Crippen LogP contribution in [0.25, 0.3) is 0 Å². The van der Waals surface area contributed by atoms with Gasteiger partial charge >= 0.3 is 8.25 Å². The van der Waals surface area contributed by atoms with E-state index in [1.807, 2.05) is 23.9 Å². The van der Waals surface area contributed by atoms with Crippen molar-refractivity contribution in [2.75, 3.05) is 18.9 Å². The maximum atomic E-state index is 14.4. The molecule has 0 bridgehead atoms. The number of halogens is 1. The van der Waals surface area contributed by atoms with Crippen LogP contribution in [0.4, 0.5) is 4.39 Å². The van der Waals surface area contributed by atoms with Gasteiger partial charge < -0.3 is 5.32 Å². The van der Waals surface area contributed by atoms with Gasteiger partial charge in [0, 0.05) is 16.0 Å². The first-order valence-electron chi connectivity index (χ1n) is 11.6. The van der Waals surface area contributed by atoms with Gasteiger partial charge in [-0.3, -0.25) is 0 Å². The highest BCUT2D eigenvalue weighted by Crippen LogP contribution is 2.45. The molecule has 0 aliphatic heterocycles. The van der Waals surface area contributed by atoms with E-state index in [0.717, 1.165) is 56.5 Å². The largest absolute Gasteiger partial charge is 0.694 e. The molecule has 174 valence electrons. The molecule has 3 rings (SSSR count). The fourth-order valence-corrected chi connectivity index (χ4v) is 5.83. The average molecular weight is 479 g/mol. The van der Waals surface area contributed by atoms with Gasteiger partial charge in [0.1, 0.15) is 12.4 Å². The number of thioether (sulfide) groups is 1. The molecule has 4 nitrogen and oxygen atoms in total. The Morgan fingerprint density at radius 2 is 1.81 bits per heavy atom. The minimum atomic E-state index is -2.49. The molecule has 2 N–H and O–H groups in total. The van der Waals surface area contributed by atoms with Crippen LogP contribution in [-0.4, -0.2) is 23.8 Å². The molecule has 1 atom stereocenters. The molecular weight excluding hydrogens is 444 g/mol. The summed E-state index contributed by atoms with van der Waals surface area (Å²) in [5, 5.41) is 3.31. The lowest BCUT2D eigenvalue weighted by Gasteiger charge is -2.30. The van der Waals surface area contributed by atoms with Gasteiger partial charge in [0.15, 0.2) is 0 Å². The molecule has 0 amide bonds. The van der Waals surface area contributed by atoms with Crippen molar-refractivity contribution in [2.24, 2.45) is 0 Å². The normalized spacial score (nSPS) is 15.8. The third kappa shape index (κ3) is 7.93. The Balaban J connectivity index is 1.34. The number of hydrogen-bond acceptors (Lipinski definition) is 4. The van der Waals surface area contributed by atoms with E-state index in [0.29, 0.717) is 6.42 Å². The molecule has 2 aromatic carbocycles. The molecule has 7 heteroatoms. The molecule has 1 aliphatic rings. The zero-order valence-electron chi connectivity index (χ0n) is 18.6. The molecular formula is C25H34FNO3PS+. The minimum absolute atomic E-state index is 0.0336. The minimum Gasteiger partial charge on any atom is -0.313 e. The summed E-state index contributed by atoms with van der Waals surface area (Å²) in [5.74, 6) is 1.05. The molecule has 1 fully saturated rings. The van der Waals surface area contributed by atoms with Crippen LogP contribution in [-0.2, 0) is 21.0 Å². The second kappa shape index (κ2) is 13.4. The molecule has 1 aliphatic carbocycles. The molecule has 1 saturated carbocycles. The maximum absolute atomic E-state index is 14.4. The Bertz CT molecular complexity index is 843. The summed E-state index contributed by atoms with van der Waals surface area (Å²) >= 11 is 1.88. The van der Waals surface area contributed by atoms with Crippen LogP contribution in [0.1, 0.15) is 62.5 Å². The summed E-state index contributed by atoms with van der Waals surface area (Å²) in [6.45, 7) is 1.80. The number of rotatable bonds is 14. The summed E-state index contributed by atoms with van der Waals surface area (Å²) in [7, 11) is -2.49. The van der Waals surface area contributed by atoms with Crippen molar-refractivity contribution in [1.29, 1.82) is 0 Å². The van der Waals surface area contributed by atoms with Crippen LogP contribution in [0, 0.1) is 5.82 Å². The second-order valence-electron chi connectivity index (χ2n) is 8.52. The fraction of sp³-hybridized carbons (Fsp3) is 0.520. The number of unbranched alkanes of at least 4 members (excludes halogenated alkanes) is 1. The first-order chi connectivity index (χ1) is 15.6. The van der Waals surface area contributed by atoms with Crippen LogP contribution in [0.5, 0.6) is 0 Å². The van der Waals surface area contributed by atoms with E-state index in [4.69, 9.17) is 4.89 Å². The zero-order valence-corrected chi connectivity index (χ0v) is 20.3. The molecule has 1 unspecified atom stereocenters. The van der Waals surface area contributed by atoms with Crippen LogP contribution < -0.4 is 5.32 Å². The predicted molar refractivity (Wildman–Crippen MR) is 130 cm³/mol. The third-order valence-corrected chi connectivity index (χ3v) is 7.78. The summed E-state index contributed by atoms with van der Waals surface area (Å²) in [6.07, 6.45) is 8.72. The number of benzene rings is 2. The summed E-state index contributed by atoms with van der Waals surface area (Å²) < 4.78 is 29.5. The van der Waals surface area contributed by atoms with Gasteiger partial charge in [-0.2, -0.15) is 0 Å². The Hall–Kier alpha value is -1.30. The van der Waals surface area contributed by atoms with E-state index in [1.54, 1.807) is 12.1 Å². The van der Waals surface area contributed by atoms with Gasteiger partial charge in [0.05, 0.1) is 0 Å². The molecule has 0 radical (unpaired) electrons. The summed E-state index contributed by atoms with van der Waals surface area (Å²) in [5.41, 5.74) is 2.20. The van der Waals surface area contributed by atoms with Crippen LogP contribution in [0.15, 0.2) is 53.4 Å². The molecule has 0 heterocycles. The van der Waals surface area contributed by atoms with E-state index in [1.165, 1.54) is 23.3 Å². The molecule has 0 aromatic heterocycles. The summed E-state index contributed by atoms with van der Waals surface area (Å²) in [4.78, 5) is 9.85. The van der Waals surface area contributed by atoms with Crippen molar-refractivity contribution >= 4 is 20.0 Å². The Labute approximate surface area is 196 Å². The fourth-order valence-electron chi connectivity index (χ4n) is 4.63. The highest BCUT2D eigenvalue weighted by atomic mass is 32.2. The van der Waals surface area contributed by atoms with E-state index in [2.05, 4.69) is 34.1 Å². The predicted octanol–water partition coefficient (Wildman–Crippen LogP) is 6.75. The maximum Gasteiger partial charge on any atom is 0.694 e. The lowest BCUT2D eigenvalue weighted by atomic mass is 9.75. The molecule has 2 aromatic rings. The highest BCUT2D eigenvalue weighted by molar-refractivity contribution is 7.99. The van der Waals surface area contributed by atoms with Crippen molar-refractivity contribution in [1.82, 2.24) is 5.32 Å². The van der Waals surface area contributed by atoms with Crippen molar-refractivity contribution in [3.05, 3.63) is 65.5 Å². The number of nitrogens with one attached hydrogen (secondary N) is 1. The van der Waals surface area contributed by atoms with Crippen LogP contribution >= 0.6 is 20.0 Å². The zero-order chi connectivity index (χ0) is 22.7. The first-order valence-corrected chi connectivity index (χ1v) is 13.7. The monoisotopic (exact) mass is 478 g/mol. The summed E-state index contributed by atoms with van der Waals surface area (Å²) in [6, 6.07) is 16.0. The smallest absolute Gasteiger partial charge is 0.313 e. The van der Waals surface area contributed by atoms with Crippen molar-refractivity contribution < 1.29 is 18.4 Å². The molecule has 0 saturated heterocycles. The Kier molecular flexibility index (Phi) is 10.6. The second-order valence-corrected chi connectivity index (χ2v) is 10.4. The Morgan fingerprint density at radius 1 is 1.06 bits per heavy atom. The van der Waals surface area contributed by atoms with Gasteiger partial charge in [0.25, 0.3) is 0 Å². The van der Waals surface area contributed by atoms with Gasteiger partial charge in [-0.1, -0.05) is 49.6 Å². The number of hydrogen-bond donors (Lipinski definition) is 2. The van der Waals surface area contributed by atoms with Gasteiger partial charge in [0.2, 0.25) is 0 Å². The highest BCUT2D eigenvalue weighted by Gasteiger charge is 2.36. The standard InChI is InChI=1S/C25H33FNO3PS/c26-24-9-2-1-8-23(24)25(14-3-4-15-25)16-5-6-19-32-22-12-10-21(11-13-22)20-27-17-7-18-30-31(28)29/h1-2,8-13,27H,3-7,14-20H2/p+1. The lowest BCUT2D eigenvalue weighted by molar-refractivity contribution is 0.276. The lowest BCUT2D eigenvalue weighted by Crippen LogP contribution is -2.23. The van der Waals surface area contributed by atoms with E-state index >= 15 is 0 Å². The van der Waals surface area contributed by atoms with E-state index in [9.17, 15) is 8.96 Å². The Morgan fingerprint density at radius 3 is 2.53 bits per heavy atom. The van der Waals surface area contributed by atoms with Crippen LogP contribution in [0.3, 0.4) is 0 Å². The topological polar surface area (TPSA) is 58.6 Å². The van der Waals surface area contributed by atoms with Gasteiger partial charge in [-0.15, -0.1) is 21.2 Å².